The van der Waals surface area contributed by atoms with Crippen molar-refractivity contribution < 1.29 is 18.8 Å². The molecule has 1 fully saturated rings. The maximum Gasteiger partial charge on any atom is 0.293 e. The summed E-state index contributed by atoms with van der Waals surface area (Å²) in [5.74, 6) is -1.24. The number of rotatable bonds is 5. The number of thiophene rings is 1. The van der Waals surface area contributed by atoms with Crippen molar-refractivity contribution >= 4 is 56.4 Å². The lowest BCUT2D eigenvalue weighted by molar-refractivity contribution is -0.122. The smallest absolute Gasteiger partial charge is 0.293 e. The van der Waals surface area contributed by atoms with E-state index in [1.54, 1.807) is 22.9 Å². The summed E-state index contributed by atoms with van der Waals surface area (Å²) in [5.41, 5.74) is 1.09. The Labute approximate surface area is 179 Å². The van der Waals surface area contributed by atoms with E-state index in [0.29, 0.717) is 4.88 Å². The van der Waals surface area contributed by atoms with Gasteiger partial charge in [0.2, 0.25) is 0 Å². The van der Waals surface area contributed by atoms with Crippen molar-refractivity contribution in [2.45, 2.75) is 6.92 Å². The van der Waals surface area contributed by atoms with Gasteiger partial charge in [-0.2, -0.15) is 5.10 Å². The predicted molar refractivity (Wildman–Crippen MR) is 115 cm³/mol. The molecule has 30 heavy (non-hydrogen) atoms. The van der Waals surface area contributed by atoms with Gasteiger partial charge in [0.05, 0.1) is 15.5 Å². The van der Waals surface area contributed by atoms with Crippen LogP contribution in [0.25, 0.3) is 16.3 Å². The van der Waals surface area contributed by atoms with Crippen molar-refractivity contribution in [2.24, 2.45) is 7.05 Å². The normalized spacial score (nSPS) is 15.6. The summed E-state index contributed by atoms with van der Waals surface area (Å²) in [5, 5.41) is 7.53. The largest absolute Gasteiger partial charge is 0.350 e. The Bertz CT molecular complexity index is 1180. The SMILES string of the molecule is Cc1nn(C)c2sc(C(=O)NCCN3C(=O)S/C(=C\c4ccccc4F)C3=O)cc12. The molecule has 3 aromatic rings. The zero-order valence-electron chi connectivity index (χ0n) is 16.1. The number of carbonyl (C=O) groups excluding carboxylic acids is 3. The lowest BCUT2D eigenvalue weighted by Gasteiger charge is -2.12. The summed E-state index contributed by atoms with van der Waals surface area (Å²) in [6.07, 6.45) is 1.37. The van der Waals surface area contributed by atoms with Gasteiger partial charge < -0.3 is 5.32 Å². The minimum absolute atomic E-state index is 0.0382. The van der Waals surface area contributed by atoms with E-state index in [0.717, 1.165) is 32.6 Å². The Hall–Kier alpha value is -2.98. The van der Waals surface area contributed by atoms with Crippen LogP contribution in [-0.2, 0) is 11.8 Å². The van der Waals surface area contributed by atoms with Crippen molar-refractivity contribution in [3.63, 3.8) is 0 Å². The number of aromatic nitrogens is 2. The molecule has 3 amide bonds. The first-order valence-electron chi connectivity index (χ1n) is 9.06. The van der Waals surface area contributed by atoms with Crippen LogP contribution in [0.15, 0.2) is 35.2 Å². The molecular weight excluding hydrogens is 427 g/mol. The molecule has 4 rings (SSSR count). The second kappa shape index (κ2) is 8.04. The molecule has 0 spiro atoms. The molecule has 1 aliphatic rings. The number of benzene rings is 1. The molecule has 0 bridgehead atoms. The maximum absolute atomic E-state index is 13.8. The number of imide groups is 1. The monoisotopic (exact) mass is 444 g/mol. The minimum Gasteiger partial charge on any atom is -0.350 e. The average molecular weight is 445 g/mol. The summed E-state index contributed by atoms with van der Waals surface area (Å²) >= 11 is 2.09. The maximum atomic E-state index is 13.8. The Morgan fingerprint density at radius 3 is 2.80 bits per heavy atom. The predicted octanol–water partition coefficient (Wildman–Crippen LogP) is 3.55. The Balaban J connectivity index is 1.39. The Morgan fingerprint density at radius 1 is 1.30 bits per heavy atom. The molecule has 3 heterocycles. The van der Waals surface area contributed by atoms with Gasteiger partial charge in [0.25, 0.3) is 17.1 Å². The molecule has 0 aliphatic carbocycles. The second-order valence-electron chi connectivity index (χ2n) is 6.65. The molecule has 0 radical (unpaired) electrons. The van der Waals surface area contributed by atoms with E-state index < -0.39 is 17.0 Å². The summed E-state index contributed by atoms with van der Waals surface area (Å²) in [4.78, 5) is 39.8. The van der Waals surface area contributed by atoms with E-state index in [-0.39, 0.29) is 29.5 Å². The van der Waals surface area contributed by atoms with Crippen molar-refractivity contribution in [1.82, 2.24) is 20.0 Å². The van der Waals surface area contributed by atoms with Gasteiger partial charge in [0, 0.05) is 31.1 Å². The topological polar surface area (TPSA) is 84.3 Å². The van der Waals surface area contributed by atoms with E-state index in [1.165, 1.54) is 29.5 Å². The van der Waals surface area contributed by atoms with Gasteiger partial charge in [-0.05, 0) is 36.9 Å². The molecule has 1 saturated heterocycles. The third-order valence-corrected chi connectivity index (χ3v) is 6.71. The molecule has 0 unspecified atom stereocenters. The molecule has 1 aromatic carbocycles. The van der Waals surface area contributed by atoms with Crippen molar-refractivity contribution in [1.29, 1.82) is 0 Å². The molecule has 154 valence electrons. The van der Waals surface area contributed by atoms with Gasteiger partial charge in [-0.1, -0.05) is 18.2 Å². The van der Waals surface area contributed by atoms with Crippen LogP contribution < -0.4 is 5.32 Å². The highest BCUT2D eigenvalue weighted by Crippen LogP contribution is 2.32. The Kier molecular flexibility index (Phi) is 5.44. The molecular formula is C20H17FN4O3S2. The lowest BCUT2D eigenvalue weighted by atomic mass is 10.2. The molecule has 0 atom stereocenters. The minimum atomic E-state index is -0.494. The first-order chi connectivity index (χ1) is 14.3. The molecule has 2 aromatic heterocycles. The summed E-state index contributed by atoms with van der Waals surface area (Å²) in [7, 11) is 1.82. The number of halogens is 1. The molecule has 7 nitrogen and oxygen atoms in total. The number of hydrogen-bond acceptors (Lipinski definition) is 6. The number of thioether (sulfide) groups is 1. The summed E-state index contributed by atoms with van der Waals surface area (Å²) in [6, 6.07) is 7.81. The quantitative estimate of drug-likeness (QED) is 0.609. The van der Waals surface area contributed by atoms with E-state index in [1.807, 2.05) is 14.0 Å². The highest BCUT2D eigenvalue weighted by molar-refractivity contribution is 8.18. The van der Waals surface area contributed by atoms with E-state index in [9.17, 15) is 18.8 Å². The van der Waals surface area contributed by atoms with Crippen molar-refractivity contribution in [2.75, 3.05) is 13.1 Å². The number of hydrogen-bond donors (Lipinski definition) is 1. The number of aryl methyl sites for hydroxylation is 2. The van der Waals surface area contributed by atoms with Crippen molar-refractivity contribution in [3.05, 3.63) is 57.2 Å². The van der Waals surface area contributed by atoms with E-state index in [2.05, 4.69) is 10.4 Å². The van der Waals surface area contributed by atoms with Gasteiger partial charge in [-0.15, -0.1) is 11.3 Å². The van der Waals surface area contributed by atoms with Crippen LogP contribution in [0, 0.1) is 12.7 Å². The number of carbonyl (C=O) groups is 3. The number of amides is 3. The lowest BCUT2D eigenvalue weighted by Crippen LogP contribution is -2.37. The molecule has 1 aliphatic heterocycles. The van der Waals surface area contributed by atoms with Gasteiger partial charge in [0.1, 0.15) is 10.6 Å². The van der Waals surface area contributed by atoms with E-state index >= 15 is 0 Å². The number of nitrogens with one attached hydrogen (secondary N) is 1. The molecule has 10 heteroatoms. The third kappa shape index (κ3) is 3.75. The summed E-state index contributed by atoms with van der Waals surface area (Å²) in [6.45, 7) is 2.04. The van der Waals surface area contributed by atoms with Crippen molar-refractivity contribution in [3.8, 4) is 0 Å². The molecule has 1 N–H and O–H groups in total. The zero-order chi connectivity index (χ0) is 21.4. The summed E-state index contributed by atoms with van der Waals surface area (Å²) < 4.78 is 15.5. The van der Waals surface area contributed by atoms with Crippen LogP contribution in [0.5, 0.6) is 0 Å². The fourth-order valence-electron chi connectivity index (χ4n) is 3.11. The first-order valence-corrected chi connectivity index (χ1v) is 10.7. The first kappa shape index (κ1) is 20.3. The third-order valence-electron chi connectivity index (χ3n) is 4.61. The zero-order valence-corrected chi connectivity index (χ0v) is 17.8. The van der Waals surface area contributed by atoms with Crippen LogP contribution in [0.1, 0.15) is 20.9 Å². The van der Waals surface area contributed by atoms with Gasteiger partial charge in [-0.3, -0.25) is 24.0 Å². The van der Waals surface area contributed by atoms with Gasteiger partial charge in [0.15, 0.2) is 0 Å². The number of fused-ring (bicyclic) bond motifs is 1. The number of nitrogens with zero attached hydrogens (tertiary/aromatic N) is 3. The fourth-order valence-corrected chi connectivity index (χ4v) is 5.01. The van der Waals surface area contributed by atoms with Gasteiger partial charge >= 0.3 is 0 Å². The average Bonchev–Trinajstić information content (AvgIpc) is 3.34. The Morgan fingerprint density at radius 2 is 2.07 bits per heavy atom. The second-order valence-corrected chi connectivity index (χ2v) is 8.67. The van der Waals surface area contributed by atoms with E-state index in [4.69, 9.17) is 0 Å². The van der Waals surface area contributed by atoms with Crippen LogP contribution >= 0.6 is 23.1 Å². The standard InChI is InChI=1S/C20H17FN4O3S2/c1-11-13-10-15(29-19(13)24(2)23-11)17(26)22-7-8-25-18(27)16(30-20(25)28)9-12-5-3-4-6-14(12)21/h3-6,9-10H,7-8H2,1-2H3,(H,22,26)/b16-9-. The van der Waals surface area contributed by atoms with Crippen LogP contribution in [0.3, 0.4) is 0 Å². The van der Waals surface area contributed by atoms with Crippen LogP contribution in [0.2, 0.25) is 0 Å². The van der Waals surface area contributed by atoms with Crippen LogP contribution in [-0.4, -0.2) is 44.8 Å². The highest BCUT2D eigenvalue weighted by Gasteiger charge is 2.34. The fraction of sp³-hybridized carbons (Fsp3) is 0.200. The molecule has 0 saturated carbocycles. The highest BCUT2D eigenvalue weighted by atomic mass is 32.2. The van der Waals surface area contributed by atoms with Crippen LogP contribution in [0.4, 0.5) is 9.18 Å². The van der Waals surface area contributed by atoms with Gasteiger partial charge in [-0.25, -0.2) is 4.39 Å².